The Morgan fingerprint density at radius 3 is 1.33 bits per heavy atom. The van der Waals surface area contributed by atoms with Crippen LogP contribution in [0.2, 0.25) is 0 Å². The molecular weight excluding hydrogens is 139 g/mol. The van der Waals surface area contributed by atoms with Crippen molar-refractivity contribution in [1.82, 2.24) is 0 Å². The first kappa shape index (κ1) is 15.8. The number of carbonyl (C=O) groups excluding carboxylic acids is 1. The van der Waals surface area contributed by atoms with Crippen molar-refractivity contribution >= 4 is 12.2 Å². The van der Waals surface area contributed by atoms with Crippen molar-refractivity contribution in [1.29, 1.82) is 0 Å². The zero-order chi connectivity index (χ0) is 7.15. The van der Waals surface area contributed by atoms with Gasteiger partial charge in [0, 0.05) is 0 Å². The summed E-state index contributed by atoms with van der Waals surface area (Å²) >= 11 is 0. The van der Waals surface area contributed by atoms with E-state index in [2.05, 4.69) is 11.5 Å². The van der Waals surface area contributed by atoms with Gasteiger partial charge in [0.2, 0.25) is 6.16 Å². The number of hydrogen-bond acceptors (Lipinski definition) is 3. The molecule has 0 unspecified atom stereocenters. The predicted molar refractivity (Wildman–Crippen MR) is 21.8 cm³/mol. The summed E-state index contributed by atoms with van der Waals surface area (Å²) in [7, 11) is 0. The van der Waals surface area contributed by atoms with Gasteiger partial charge in [-0.2, -0.15) is 0 Å². The standard InChI is InChI=1S/CH4N2O.CH2O3.Na/c2*2-1(3)4;/h(H4,2,3,4);(H2,2,3,4);/q;;+1/p-1. The Kier molecular flexibility index (Phi) is 18.5. The van der Waals surface area contributed by atoms with E-state index in [0.717, 1.165) is 0 Å². The zero-order valence-electron chi connectivity index (χ0n) is 4.83. The molecule has 0 rings (SSSR count). The summed E-state index contributed by atoms with van der Waals surface area (Å²) in [6.45, 7) is 0. The molecule has 0 aliphatic rings. The van der Waals surface area contributed by atoms with E-state index in [1.54, 1.807) is 0 Å². The van der Waals surface area contributed by atoms with Crippen molar-refractivity contribution in [3.05, 3.63) is 0 Å². The van der Waals surface area contributed by atoms with Gasteiger partial charge in [-0.25, -0.2) is 4.79 Å². The Hall–Kier alpha value is -0.460. The number of amides is 2. The van der Waals surface area contributed by atoms with Gasteiger partial charge >= 0.3 is 35.6 Å². The summed E-state index contributed by atoms with van der Waals surface area (Å²) in [5.41, 5.74) is 8.50. The summed E-state index contributed by atoms with van der Waals surface area (Å²) in [5, 5.41) is 15.3. The Morgan fingerprint density at radius 1 is 1.33 bits per heavy atom. The van der Waals surface area contributed by atoms with E-state index >= 15 is 0 Å². The molecule has 0 aromatic carbocycles. The molecule has 48 valence electrons. The third-order valence-electron chi connectivity index (χ3n) is 0. The van der Waals surface area contributed by atoms with E-state index in [1.165, 1.54) is 0 Å². The number of rotatable bonds is 0. The van der Waals surface area contributed by atoms with Gasteiger partial charge in [0.05, 0.1) is 0 Å². The number of carbonyl (C=O) groups is 2. The first-order valence-corrected chi connectivity index (χ1v) is 1.41. The fraction of sp³-hybridized carbons (Fsp3) is 0. The molecule has 0 fully saturated rings. The second kappa shape index (κ2) is 10.5. The molecule has 0 atom stereocenters. The number of urea groups is 1. The smallest absolute Gasteiger partial charge is 0.565 e. The Labute approximate surface area is 73.1 Å². The van der Waals surface area contributed by atoms with Crippen molar-refractivity contribution in [2.24, 2.45) is 11.5 Å². The van der Waals surface area contributed by atoms with Gasteiger partial charge in [-0.3, -0.25) is 0 Å². The summed E-state index contributed by atoms with van der Waals surface area (Å²) in [6, 6.07) is -0.833. The number of primary amides is 2. The van der Waals surface area contributed by atoms with Crippen LogP contribution < -0.4 is 46.1 Å². The summed E-state index contributed by atoms with van der Waals surface area (Å²) in [4.78, 5) is 17.4. The molecule has 0 aliphatic heterocycles. The molecule has 0 saturated carbocycles. The second-order valence-electron chi connectivity index (χ2n) is 0.668. The van der Waals surface area contributed by atoms with Crippen LogP contribution in [-0.2, 0) is 0 Å². The van der Waals surface area contributed by atoms with Gasteiger partial charge in [0.25, 0.3) is 0 Å². The Balaban J connectivity index is -0.0000000720. The molecule has 0 aliphatic carbocycles. The molecule has 0 radical (unpaired) electrons. The van der Waals surface area contributed by atoms with Gasteiger partial charge in [-0.05, 0) is 0 Å². The maximum atomic E-state index is 9.00. The average Bonchev–Trinajstić information content (AvgIpc) is 1.25. The predicted octanol–water partition coefficient (Wildman–Crippen LogP) is -5.08. The van der Waals surface area contributed by atoms with E-state index in [-0.39, 0.29) is 29.6 Å². The quantitative estimate of drug-likeness (QED) is 0.293. The van der Waals surface area contributed by atoms with Crippen molar-refractivity contribution in [3.8, 4) is 0 Å². The molecule has 0 bridgehead atoms. The number of carboxylic acid groups (broad SMARTS) is 2. The van der Waals surface area contributed by atoms with E-state index in [0.29, 0.717) is 0 Å². The molecule has 5 N–H and O–H groups in total. The molecule has 0 aromatic heterocycles. The number of nitrogens with two attached hydrogens (primary N) is 2. The fourth-order valence-corrected chi connectivity index (χ4v) is 0. The molecule has 0 saturated heterocycles. The van der Waals surface area contributed by atoms with Crippen LogP contribution in [0.4, 0.5) is 9.59 Å². The topological polar surface area (TPSA) is 129 Å². The largest absolute Gasteiger partial charge is 1.00 e. The van der Waals surface area contributed by atoms with Crippen LogP contribution in [0.5, 0.6) is 0 Å². The van der Waals surface area contributed by atoms with Gasteiger partial charge < -0.3 is 26.5 Å². The maximum Gasteiger partial charge on any atom is 1.00 e. The second-order valence-corrected chi connectivity index (χ2v) is 0.668. The first-order valence-electron chi connectivity index (χ1n) is 1.41. The van der Waals surface area contributed by atoms with E-state index in [1.807, 2.05) is 0 Å². The van der Waals surface area contributed by atoms with Crippen molar-refractivity contribution in [2.45, 2.75) is 0 Å². The van der Waals surface area contributed by atoms with Crippen molar-refractivity contribution in [2.75, 3.05) is 0 Å². The van der Waals surface area contributed by atoms with Crippen LogP contribution in [-0.4, -0.2) is 17.3 Å². The monoisotopic (exact) mass is 144 g/mol. The van der Waals surface area contributed by atoms with Crippen molar-refractivity contribution in [3.63, 3.8) is 0 Å². The third kappa shape index (κ3) is 1090. The molecule has 7 heteroatoms. The van der Waals surface area contributed by atoms with Gasteiger partial charge in [0.15, 0.2) is 0 Å². The van der Waals surface area contributed by atoms with Gasteiger partial charge in [-0.15, -0.1) is 0 Å². The Morgan fingerprint density at radius 2 is 1.33 bits per heavy atom. The fourth-order valence-electron chi connectivity index (χ4n) is 0. The summed E-state index contributed by atoms with van der Waals surface area (Å²) in [5.74, 6) is 0. The number of hydrogen-bond donors (Lipinski definition) is 3. The SMILES string of the molecule is NC(N)=O.O=C([O-])O.[Na+]. The van der Waals surface area contributed by atoms with E-state index in [4.69, 9.17) is 19.8 Å². The van der Waals surface area contributed by atoms with Gasteiger partial charge in [0.1, 0.15) is 0 Å². The minimum atomic E-state index is -2.08. The van der Waals surface area contributed by atoms with Crippen LogP contribution in [0.3, 0.4) is 0 Å². The summed E-state index contributed by atoms with van der Waals surface area (Å²) < 4.78 is 0. The molecule has 0 heterocycles. The van der Waals surface area contributed by atoms with Crippen molar-refractivity contribution < 1.29 is 49.4 Å². The van der Waals surface area contributed by atoms with E-state index < -0.39 is 12.2 Å². The summed E-state index contributed by atoms with van der Waals surface area (Å²) in [6.07, 6.45) is -2.08. The van der Waals surface area contributed by atoms with Crippen LogP contribution in [0.15, 0.2) is 0 Å². The van der Waals surface area contributed by atoms with Crippen LogP contribution in [0.1, 0.15) is 0 Å². The van der Waals surface area contributed by atoms with Crippen LogP contribution >= 0.6 is 0 Å². The Bertz CT molecular complexity index is 74.6. The van der Waals surface area contributed by atoms with Gasteiger partial charge in [-0.1, -0.05) is 0 Å². The zero-order valence-corrected chi connectivity index (χ0v) is 6.83. The minimum absolute atomic E-state index is 0. The minimum Gasteiger partial charge on any atom is -0.565 e. The molecular formula is C2H5N2NaO4. The molecule has 2 amide bonds. The maximum absolute atomic E-state index is 9.00. The molecule has 9 heavy (non-hydrogen) atoms. The average molecular weight is 144 g/mol. The third-order valence-corrected chi connectivity index (χ3v) is 0. The van der Waals surface area contributed by atoms with E-state index in [9.17, 15) is 0 Å². The molecule has 0 spiro atoms. The normalized spacial score (nSPS) is 5.33. The van der Waals surface area contributed by atoms with Crippen LogP contribution in [0.25, 0.3) is 0 Å². The molecule has 6 nitrogen and oxygen atoms in total. The first-order chi connectivity index (χ1) is 3.46. The van der Waals surface area contributed by atoms with Crippen LogP contribution in [0, 0.1) is 0 Å². The molecule has 0 aromatic rings.